The first kappa shape index (κ1) is 14.3. The molecule has 118 valence electrons. The normalized spacial score (nSPS) is 39.0. The van der Waals surface area contributed by atoms with Gasteiger partial charge in [0.1, 0.15) is 11.7 Å². The van der Waals surface area contributed by atoms with Crippen LogP contribution in [-0.4, -0.2) is 35.7 Å². The molecule has 1 saturated carbocycles. The number of rotatable bonds is 3. The molecule has 22 heavy (non-hydrogen) atoms. The molecule has 1 aromatic rings. The van der Waals surface area contributed by atoms with Gasteiger partial charge in [-0.2, -0.15) is 0 Å². The molecule has 0 bridgehead atoms. The number of hydrogen-bond donors (Lipinski definition) is 0. The van der Waals surface area contributed by atoms with E-state index in [1.807, 2.05) is 44.2 Å². The highest BCUT2D eigenvalue weighted by Crippen LogP contribution is 2.51. The van der Waals surface area contributed by atoms with Crippen molar-refractivity contribution in [2.24, 2.45) is 0 Å². The van der Waals surface area contributed by atoms with Gasteiger partial charge in [0.2, 0.25) is 0 Å². The van der Waals surface area contributed by atoms with E-state index in [2.05, 4.69) is 0 Å². The average Bonchev–Trinajstić information content (AvgIpc) is 3.06. The lowest BCUT2D eigenvalue weighted by Gasteiger charge is -2.33. The van der Waals surface area contributed by atoms with E-state index in [0.717, 1.165) is 5.56 Å². The summed E-state index contributed by atoms with van der Waals surface area (Å²) in [4.78, 5) is 12.1. The van der Waals surface area contributed by atoms with E-state index in [1.165, 1.54) is 0 Å². The van der Waals surface area contributed by atoms with Gasteiger partial charge in [-0.15, -0.1) is 0 Å². The van der Waals surface area contributed by atoms with E-state index in [1.54, 1.807) is 0 Å². The number of benzene rings is 1. The molecule has 1 aliphatic carbocycles. The predicted octanol–water partition coefficient (Wildman–Crippen LogP) is 2.18. The second kappa shape index (κ2) is 4.86. The second-order valence-corrected chi connectivity index (χ2v) is 6.64. The van der Waals surface area contributed by atoms with Gasteiger partial charge in [-0.1, -0.05) is 30.3 Å². The molecule has 0 amide bonds. The van der Waals surface area contributed by atoms with Crippen molar-refractivity contribution in [3.63, 3.8) is 0 Å². The number of hydrogen-bond acceptors (Lipinski definition) is 5. The fourth-order valence-corrected chi connectivity index (χ4v) is 3.65. The first-order chi connectivity index (χ1) is 10.5. The van der Waals surface area contributed by atoms with Crippen LogP contribution < -0.4 is 0 Å². The molecule has 2 heterocycles. The zero-order chi connectivity index (χ0) is 15.4. The van der Waals surface area contributed by atoms with Crippen molar-refractivity contribution in [3.05, 3.63) is 35.9 Å². The van der Waals surface area contributed by atoms with Gasteiger partial charge in [0.05, 0.1) is 6.61 Å². The first-order valence-electron chi connectivity index (χ1n) is 7.72. The summed E-state index contributed by atoms with van der Waals surface area (Å²) in [5.41, 5.74) is 0.336. The van der Waals surface area contributed by atoms with Gasteiger partial charge >= 0.3 is 0 Å². The third kappa shape index (κ3) is 2.12. The van der Waals surface area contributed by atoms with Crippen molar-refractivity contribution in [2.75, 3.05) is 0 Å². The standard InChI is InChI=1S/C17H20O5/c1-16(2)21-14-15(22-16)20-13-12(18)8-9-17(13,14)19-10-11-6-4-3-5-7-11/h3-7,13-15H,8-10H2,1-2H3/t13-,14?,15-,17-/m1/s1. The van der Waals surface area contributed by atoms with E-state index in [0.29, 0.717) is 19.4 Å². The predicted molar refractivity (Wildman–Crippen MR) is 76.9 cm³/mol. The fraction of sp³-hybridized carbons (Fsp3) is 0.588. The Labute approximate surface area is 129 Å². The highest BCUT2D eigenvalue weighted by Gasteiger charge is 2.68. The number of carbonyl (C=O) groups is 1. The number of Topliss-reactive ketones (excluding diaryl/α,β-unsaturated/α-hetero) is 1. The van der Waals surface area contributed by atoms with Gasteiger partial charge in [-0.05, 0) is 25.8 Å². The van der Waals surface area contributed by atoms with Gasteiger partial charge in [0.25, 0.3) is 0 Å². The second-order valence-electron chi connectivity index (χ2n) is 6.64. The maximum Gasteiger partial charge on any atom is 0.191 e. The van der Waals surface area contributed by atoms with Crippen LogP contribution in [0.2, 0.25) is 0 Å². The molecule has 3 aliphatic rings. The molecule has 4 atom stereocenters. The van der Waals surface area contributed by atoms with E-state index in [-0.39, 0.29) is 11.9 Å². The lowest BCUT2D eigenvalue weighted by Crippen LogP contribution is -2.49. The van der Waals surface area contributed by atoms with E-state index < -0.39 is 23.8 Å². The SMILES string of the molecule is CC1(C)OC2[C@H](O[C@@H]3C(=O)CC[C@]23OCc2ccccc2)O1. The zero-order valence-electron chi connectivity index (χ0n) is 12.8. The summed E-state index contributed by atoms with van der Waals surface area (Å²) in [6, 6.07) is 9.92. The monoisotopic (exact) mass is 304 g/mol. The van der Waals surface area contributed by atoms with Gasteiger partial charge in [-0.3, -0.25) is 4.79 Å². The van der Waals surface area contributed by atoms with E-state index >= 15 is 0 Å². The van der Waals surface area contributed by atoms with Crippen LogP contribution in [0, 0.1) is 0 Å². The Bertz CT molecular complexity index is 584. The molecule has 5 heteroatoms. The number of ketones is 1. The zero-order valence-corrected chi connectivity index (χ0v) is 12.8. The van der Waals surface area contributed by atoms with Crippen molar-refractivity contribution in [1.29, 1.82) is 0 Å². The van der Waals surface area contributed by atoms with Crippen LogP contribution in [0.4, 0.5) is 0 Å². The smallest absolute Gasteiger partial charge is 0.191 e. The topological polar surface area (TPSA) is 54.0 Å². The van der Waals surface area contributed by atoms with Crippen LogP contribution in [-0.2, 0) is 30.3 Å². The number of carbonyl (C=O) groups excluding carboxylic acids is 1. The summed E-state index contributed by atoms with van der Waals surface area (Å²) in [5, 5.41) is 0. The number of ether oxygens (including phenoxy) is 4. The molecule has 0 N–H and O–H groups in total. The van der Waals surface area contributed by atoms with Gasteiger partial charge in [0.15, 0.2) is 24.0 Å². The Kier molecular flexibility index (Phi) is 3.17. The molecule has 0 radical (unpaired) electrons. The summed E-state index contributed by atoms with van der Waals surface area (Å²) in [6.45, 7) is 4.14. The average molecular weight is 304 g/mol. The third-order valence-corrected chi connectivity index (χ3v) is 4.66. The van der Waals surface area contributed by atoms with Crippen LogP contribution in [0.1, 0.15) is 32.3 Å². The van der Waals surface area contributed by atoms with Crippen molar-refractivity contribution in [1.82, 2.24) is 0 Å². The molecule has 1 aromatic carbocycles. The van der Waals surface area contributed by atoms with Crippen LogP contribution in [0.5, 0.6) is 0 Å². The lowest BCUT2D eigenvalue weighted by atomic mass is 9.94. The van der Waals surface area contributed by atoms with Crippen LogP contribution in [0.25, 0.3) is 0 Å². The molecule has 2 saturated heterocycles. The minimum Gasteiger partial charge on any atom is -0.364 e. The van der Waals surface area contributed by atoms with Crippen LogP contribution in [0.3, 0.4) is 0 Å². The van der Waals surface area contributed by atoms with Gasteiger partial charge < -0.3 is 18.9 Å². The highest BCUT2D eigenvalue weighted by molar-refractivity contribution is 5.87. The lowest BCUT2D eigenvalue weighted by molar-refractivity contribution is -0.231. The molecular weight excluding hydrogens is 284 g/mol. The minimum atomic E-state index is -0.731. The first-order valence-corrected chi connectivity index (χ1v) is 7.72. The Morgan fingerprint density at radius 2 is 2.00 bits per heavy atom. The quantitative estimate of drug-likeness (QED) is 0.856. The largest absolute Gasteiger partial charge is 0.364 e. The van der Waals surface area contributed by atoms with Crippen molar-refractivity contribution in [2.45, 2.75) is 63.2 Å². The Morgan fingerprint density at radius 1 is 1.23 bits per heavy atom. The van der Waals surface area contributed by atoms with Crippen LogP contribution in [0.15, 0.2) is 30.3 Å². The number of fused-ring (bicyclic) bond motifs is 3. The van der Waals surface area contributed by atoms with E-state index in [9.17, 15) is 4.79 Å². The third-order valence-electron chi connectivity index (χ3n) is 4.66. The molecule has 2 aliphatic heterocycles. The molecule has 1 unspecified atom stereocenters. The minimum absolute atomic E-state index is 0.0764. The molecule has 5 nitrogen and oxygen atoms in total. The molecule has 0 aromatic heterocycles. The summed E-state index contributed by atoms with van der Waals surface area (Å²) >= 11 is 0. The van der Waals surface area contributed by atoms with Crippen molar-refractivity contribution in [3.8, 4) is 0 Å². The van der Waals surface area contributed by atoms with Gasteiger partial charge in [0, 0.05) is 6.42 Å². The molecule has 4 rings (SSSR count). The van der Waals surface area contributed by atoms with E-state index in [4.69, 9.17) is 18.9 Å². The molecule has 3 fully saturated rings. The highest BCUT2D eigenvalue weighted by atomic mass is 16.8. The Hall–Kier alpha value is -1.27. The van der Waals surface area contributed by atoms with Crippen molar-refractivity contribution >= 4 is 5.78 Å². The maximum absolute atomic E-state index is 12.1. The fourth-order valence-electron chi connectivity index (χ4n) is 3.65. The summed E-state index contributed by atoms with van der Waals surface area (Å²) in [5.74, 6) is -0.637. The summed E-state index contributed by atoms with van der Waals surface area (Å²) in [7, 11) is 0. The van der Waals surface area contributed by atoms with Crippen molar-refractivity contribution < 1.29 is 23.7 Å². The summed E-state index contributed by atoms with van der Waals surface area (Å²) < 4.78 is 23.8. The van der Waals surface area contributed by atoms with Crippen LogP contribution >= 0.6 is 0 Å². The maximum atomic E-state index is 12.1. The molecular formula is C17H20O5. The molecule has 0 spiro atoms. The summed E-state index contributed by atoms with van der Waals surface area (Å²) in [6.07, 6.45) is -0.388. The van der Waals surface area contributed by atoms with Gasteiger partial charge in [-0.25, -0.2) is 0 Å². The Morgan fingerprint density at radius 3 is 2.77 bits per heavy atom. The Balaban J connectivity index is 1.59.